The molecule has 1 fully saturated rings. The molecule has 0 N–H and O–H groups in total. The van der Waals surface area contributed by atoms with E-state index in [1.165, 1.54) is 28.4 Å². The van der Waals surface area contributed by atoms with Gasteiger partial charge in [0.1, 0.15) is 10.6 Å². The highest BCUT2D eigenvalue weighted by Gasteiger charge is 2.32. The van der Waals surface area contributed by atoms with Gasteiger partial charge in [0.25, 0.3) is 5.69 Å². The van der Waals surface area contributed by atoms with Crippen molar-refractivity contribution >= 4 is 21.6 Å². The molecule has 0 aromatic heterocycles. The van der Waals surface area contributed by atoms with Gasteiger partial charge in [0.05, 0.1) is 18.6 Å². The lowest BCUT2D eigenvalue weighted by molar-refractivity contribution is -0.385. The number of hydrogen-bond acceptors (Lipinski definition) is 7. The molecule has 1 aromatic rings. The normalized spacial score (nSPS) is 16.3. The molecule has 1 aliphatic rings. The van der Waals surface area contributed by atoms with Crippen molar-refractivity contribution in [3.63, 3.8) is 0 Å². The fraction of sp³-hybridized carbons (Fsp3) is 0.533. The van der Waals surface area contributed by atoms with E-state index >= 15 is 0 Å². The number of hydrogen-bond donors (Lipinski definition) is 0. The first kappa shape index (κ1) is 20.1. The summed E-state index contributed by atoms with van der Waals surface area (Å²) in [6, 6.07) is 3.48. The summed E-state index contributed by atoms with van der Waals surface area (Å²) in [5.41, 5.74) is -0.320. The molecule has 0 bridgehead atoms. The molecular formula is C15H22N4O6S. The van der Waals surface area contributed by atoms with E-state index in [0.29, 0.717) is 13.1 Å². The summed E-state index contributed by atoms with van der Waals surface area (Å²) in [5.74, 6) is 0.00229. The Bertz CT molecular complexity index is 787. The van der Waals surface area contributed by atoms with Gasteiger partial charge in [-0.2, -0.15) is 4.31 Å². The molecule has 0 radical (unpaired) electrons. The van der Waals surface area contributed by atoms with Gasteiger partial charge in [-0.05, 0) is 6.07 Å². The van der Waals surface area contributed by atoms with E-state index in [9.17, 15) is 23.3 Å². The number of carbonyl (C=O) groups is 1. The maximum Gasteiger partial charge on any atom is 0.271 e. The van der Waals surface area contributed by atoms with Gasteiger partial charge in [-0.1, -0.05) is 0 Å². The third kappa shape index (κ3) is 4.29. The molecule has 1 aromatic carbocycles. The number of piperazine rings is 1. The van der Waals surface area contributed by atoms with Crippen LogP contribution in [-0.2, 0) is 14.8 Å². The first-order chi connectivity index (χ1) is 12.2. The number of likely N-dealkylation sites (N-methyl/N-ethyl adjacent to an activating group) is 1. The monoisotopic (exact) mass is 386 g/mol. The number of sulfonamides is 1. The van der Waals surface area contributed by atoms with Gasteiger partial charge in [-0.15, -0.1) is 0 Å². The number of non-ortho nitro benzene ring substituents is 1. The molecule has 1 amide bonds. The lowest BCUT2D eigenvalue weighted by atomic mass is 10.3. The van der Waals surface area contributed by atoms with Crippen LogP contribution < -0.4 is 4.74 Å². The van der Waals surface area contributed by atoms with Crippen molar-refractivity contribution in [3.05, 3.63) is 28.3 Å². The van der Waals surface area contributed by atoms with Crippen molar-refractivity contribution < 1.29 is 22.9 Å². The smallest absolute Gasteiger partial charge is 0.271 e. The average molecular weight is 386 g/mol. The molecule has 0 atom stereocenters. The average Bonchev–Trinajstić information content (AvgIpc) is 2.61. The summed E-state index contributed by atoms with van der Waals surface area (Å²) in [6.45, 7) is 1.40. The number of nitro benzene ring substituents is 1. The molecule has 0 saturated carbocycles. The lowest BCUT2D eigenvalue weighted by Gasteiger charge is -2.34. The van der Waals surface area contributed by atoms with Gasteiger partial charge in [0.15, 0.2) is 0 Å². The molecule has 0 unspecified atom stereocenters. The summed E-state index contributed by atoms with van der Waals surface area (Å²) in [5, 5.41) is 11.0. The number of rotatable bonds is 6. The quantitative estimate of drug-likeness (QED) is 0.499. The maximum absolute atomic E-state index is 12.9. The van der Waals surface area contributed by atoms with Crippen LogP contribution in [0, 0.1) is 10.1 Å². The zero-order valence-corrected chi connectivity index (χ0v) is 15.7. The van der Waals surface area contributed by atoms with Gasteiger partial charge >= 0.3 is 0 Å². The van der Waals surface area contributed by atoms with Crippen LogP contribution in [0.4, 0.5) is 5.69 Å². The highest BCUT2D eigenvalue weighted by atomic mass is 32.2. The molecule has 144 valence electrons. The summed E-state index contributed by atoms with van der Waals surface area (Å²) in [6.07, 6.45) is 0. The highest BCUT2D eigenvalue weighted by molar-refractivity contribution is 7.89. The van der Waals surface area contributed by atoms with E-state index < -0.39 is 14.9 Å². The van der Waals surface area contributed by atoms with Crippen molar-refractivity contribution in [1.29, 1.82) is 0 Å². The predicted molar refractivity (Wildman–Crippen MR) is 93.5 cm³/mol. The van der Waals surface area contributed by atoms with Crippen LogP contribution in [0.2, 0.25) is 0 Å². The molecule has 1 heterocycles. The molecule has 1 aliphatic heterocycles. The fourth-order valence-electron chi connectivity index (χ4n) is 2.58. The van der Waals surface area contributed by atoms with Crippen LogP contribution in [0.25, 0.3) is 0 Å². The number of carbonyl (C=O) groups excluding carboxylic acids is 1. The highest BCUT2D eigenvalue weighted by Crippen LogP contribution is 2.31. The molecule has 0 aliphatic carbocycles. The molecule has 2 rings (SSSR count). The van der Waals surface area contributed by atoms with Gasteiger partial charge in [0.2, 0.25) is 15.9 Å². The summed E-state index contributed by atoms with van der Waals surface area (Å²) < 4.78 is 32.1. The van der Waals surface area contributed by atoms with Crippen LogP contribution >= 0.6 is 0 Å². The number of benzene rings is 1. The summed E-state index contributed by atoms with van der Waals surface area (Å²) in [4.78, 5) is 25.2. The van der Waals surface area contributed by atoms with Gasteiger partial charge < -0.3 is 9.64 Å². The summed E-state index contributed by atoms with van der Waals surface area (Å²) in [7, 11) is 0.692. The van der Waals surface area contributed by atoms with E-state index in [2.05, 4.69) is 0 Å². The number of amides is 1. The standard InChI is InChI=1S/C15H22N4O6S/c1-16(2)15(20)11-17-6-8-18(9-7-17)26(23,24)14-10-12(19(21)22)4-5-13(14)25-3/h4-5,10H,6-9,11H2,1-3H3. The molecule has 1 saturated heterocycles. The van der Waals surface area contributed by atoms with E-state index in [4.69, 9.17) is 4.74 Å². The van der Waals surface area contributed by atoms with E-state index in [1.54, 1.807) is 14.1 Å². The Hall–Kier alpha value is -2.24. The van der Waals surface area contributed by atoms with Gasteiger partial charge in [-0.3, -0.25) is 19.8 Å². The Kier molecular flexibility index (Phi) is 6.16. The van der Waals surface area contributed by atoms with Crippen molar-refractivity contribution in [2.75, 3.05) is 53.9 Å². The van der Waals surface area contributed by atoms with E-state index in [1.807, 2.05) is 4.90 Å². The Morgan fingerprint density at radius 1 is 1.27 bits per heavy atom. The first-order valence-corrected chi connectivity index (χ1v) is 9.36. The maximum atomic E-state index is 12.9. The molecular weight excluding hydrogens is 364 g/mol. The zero-order valence-electron chi connectivity index (χ0n) is 14.9. The van der Waals surface area contributed by atoms with Gasteiger partial charge in [0, 0.05) is 52.4 Å². The SMILES string of the molecule is COc1ccc([N+](=O)[O-])cc1S(=O)(=O)N1CCN(CC(=O)N(C)C)CC1. The Labute approximate surface area is 152 Å². The largest absolute Gasteiger partial charge is 0.495 e. The summed E-state index contributed by atoms with van der Waals surface area (Å²) >= 11 is 0. The number of nitro groups is 1. The van der Waals surface area contributed by atoms with Gasteiger partial charge in [-0.25, -0.2) is 8.42 Å². The Morgan fingerprint density at radius 2 is 1.88 bits per heavy atom. The van der Waals surface area contributed by atoms with Crippen LogP contribution in [0.5, 0.6) is 5.75 Å². The van der Waals surface area contributed by atoms with Crippen LogP contribution in [0.15, 0.2) is 23.1 Å². The Morgan fingerprint density at radius 3 is 2.38 bits per heavy atom. The third-order valence-electron chi connectivity index (χ3n) is 4.16. The topological polar surface area (TPSA) is 113 Å². The van der Waals surface area contributed by atoms with Crippen molar-refractivity contribution in [3.8, 4) is 5.75 Å². The third-order valence-corrected chi connectivity index (χ3v) is 6.08. The predicted octanol–water partition coefficient (Wildman–Crippen LogP) is -0.00210. The first-order valence-electron chi connectivity index (χ1n) is 7.92. The van der Waals surface area contributed by atoms with Crippen molar-refractivity contribution in [2.24, 2.45) is 0 Å². The minimum atomic E-state index is -3.95. The van der Waals surface area contributed by atoms with Crippen LogP contribution in [0.1, 0.15) is 0 Å². The molecule has 10 nitrogen and oxygen atoms in total. The van der Waals surface area contributed by atoms with E-state index in [0.717, 1.165) is 6.07 Å². The molecule has 0 spiro atoms. The van der Waals surface area contributed by atoms with Crippen LogP contribution in [-0.4, -0.2) is 87.3 Å². The zero-order chi connectivity index (χ0) is 19.5. The van der Waals surface area contributed by atoms with Crippen molar-refractivity contribution in [1.82, 2.24) is 14.1 Å². The minimum absolute atomic E-state index is 0.0540. The second-order valence-electron chi connectivity index (χ2n) is 6.06. The second kappa shape index (κ2) is 7.98. The Balaban J connectivity index is 2.18. The fourth-order valence-corrected chi connectivity index (χ4v) is 4.18. The van der Waals surface area contributed by atoms with E-state index in [-0.39, 0.29) is 41.9 Å². The van der Waals surface area contributed by atoms with Crippen molar-refractivity contribution in [2.45, 2.75) is 4.90 Å². The number of methoxy groups -OCH3 is 1. The number of nitrogens with zero attached hydrogens (tertiary/aromatic N) is 4. The molecule has 26 heavy (non-hydrogen) atoms. The number of ether oxygens (including phenoxy) is 1. The van der Waals surface area contributed by atoms with Crippen LogP contribution in [0.3, 0.4) is 0 Å². The second-order valence-corrected chi connectivity index (χ2v) is 7.97. The minimum Gasteiger partial charge on any atom is -0.495 e. The lowest BCUT2D eigenvalue weighted by Crippen LogP contribution is -2.50. The molecule has 11 heteroatoms.